The Morgan fingerprint density at radius 1 is 1.09 bits per heavy atom. The van der Waals surface area contributed by atoms with Gasteiger partial charge in [-0.25, -0.2) is 9.48 Å². The van der Waals surface area contributed by atoms with E-state index in [1.54, 1.807) is 33.2 Å². The van der Waals surface area contributed by atoms with Crippen LogP contribution in [0.5, 0.6) is 17.2 Å². The SMILES string of the molecule is COc1ccccc1-c1sc2ccc(OC(N)=O)cc2c1-c1c(OC)c(C)nn(C)c1=O. The van der Waals surface area contributed by atoms with Crippen LogP contribution in [0.4, 0.5) is 4.79 Å². The van der Waals surface area contributed by atoms with Crippen molar-refractivity contribution in [2.75, 3.05) is 14.2 Å². The summed E-state index contributed by atoms with van der Waals surface area (Å²) in [5, 5.41) is 4.98. The number of rotatable bonds is 5. The van der Waals surface area contributed by atoms with Crippen LogP contribution in [0.15, 0.2) is 47.3 Å². The lowest BCUT2D eigenvalue weighted by atomic mass is 9.98. The van der Waals surface area contributed by atoms with Crippen molar-refractivity contribution in [1.82, 2.24) is 9.78 Å². The van der Waals surface area contributed by atoms with Crippen molar-refractivity contribution in [2.45, 2.75) is 6.92 Å². The number of para-hydroxylation sites is 1. The Hall–Kier alpha value is -3.85. The zero-order valence-electron chi connectivity index (χ0n) is 18.0. The highest BCUT2D eigenvalue weighted by Crippen LogP contribution is 2.49. The number of ether oxygens (including phenoxy) is 3. The van der Waals surface area contributed by atoms with Crippen molar-refractivity contribution in [1.29, 1.82) is 0 Å². The molecule has 0 unspecified atom stereocenters. The smallest absolute Gasteiger partial charge is 0.409 e. The van der Waals surface area contributed by atoms with Crippen LogP contribution in [0.2, 0.25) is 0 Å². The molecule has 2 aromatic heterocycles. The summed E-state index contributed by atoms with van der Waals surface area (Å²) in [6.45, 7) is 1.78. The van der Waals surface area contributed by atoms with Gasteiger partial charge in [0.1, 0.15) is 17.2 Å². The third-order valence-corrected chi connectivity index (χ3v) is 6.25. The van der Waals surface area contributed by atoms with E-state index in [4.69, 9.17) is 19.9 Å². The molecule has 1 amide bonds. The van der Waals surface area contributed by atoms with Crippen LogP contribution in [0, 0.1) is 6.92 Å². The van der Waals surface area contributed by atoms with Gasteiger partial charge in [0.15, 0.2) is 5.75 Å². The molecular weight excluding hydrogens is 430 g/mol. The maximum absolute atomic E-state index is 13.3. The van der Waals surface area contributed by atoms with E-state index in [-0.39, 0.29) is 11.3 Å². The Balaban J connectivity index is 2.17. The highest BCUT2D eigenvalue weighted by Gasteiger charge is 2.26. The van der Waals surface area contributed by atoms with Crippen LogP contribution in [0.3, 0.4) is 0 Å². The molecule has 2 aromatic carbocycles. The first kappa shape index (κ1) is 21.4. The molecule has 164 valence electrons. The van der Waals surface area contributed by atoms with Crippen LogP contribution in [0.25, 0.3) is 31.7 Å². The maximum atomic E-state index is 13.3. The standard InChI is InChI=1S/C23H21N3O5S/c1-12-20(30-4)19(22(27)26(2)25-12)18-15-11-13(31-23(24)28)9-10-17(15)32-21(18)14-7-5-6-8-16(14)29-3/h5-11H,1-4H3,(H2,24,28). The molecule has 2 N–H and O–H groups in total. The largest absolute Gasteiger partial charge is 0.496 e. The van der Waals surface area contributed by atoms with E-state index in [9.17, 15) is 9.59 Å². The number of fused-ring (bicyclic) bond motifs is 1. The second-order valence-corrected chi connectivity index (χ2v) is 8.06. The lowest BCUT2D eigenvalue weighted by molar-refractivity contribution is 0.211. The monoisotopic (exact) mass is 451 g/mol. The lowest BCUT2D eigenvalue weighted by Crippen LogP contribution is -2.23. The van der Waals surface area contributed by atoms with Gasteiger partial charge < -0.3 is 19.9 Å². The van der Waals surface area contributed by atoms with E-state index in [0.717, 1.165) is 20.5 Å². The van der Waals surface area contributed by atoms with Crippen LogP contribution >= 0.6 is 11.3 Å². The van der Waals surface area contributed by atoms with E-state index in [1.165, 1.54) is 23.1 Å². The predicted molar refractivity (Wildman–Crippen MR) is 124 cm³/mol. The number of methoxy groups -OCH3 is 2. The number of hydrogen-bond donors (Lipinski definition) is 1. The Morgan fingerprint density at radius 2 is 1.84 bits per heavy atom. The summed E-state index contributed by atoms with van der Waals surface area (Å²) in [5.41, 5.74) is 7.29. The van der Waals surface area contributed by atoms with Crippen molar-refractivity contribution < 1.29 is 19.0 Å². The molecule has 0 saturated carbocycles. The Morgan fingerprint density at radius 3 is 2.53 bits per heavy atom. The van der Waals surface area contributed by atoms with E-state index in [0.29, 0.717) is 28.3 Å². The van der Waals surface area contributed by atoms with Crippen LogP contribution < -0.4 is 25.5 Å². The molecule has 0 fully saturated rings. The third kappa shape index (κ3) is 3.56. The van der Waals surface area contributed by atoms with Crippen molar-refractivity contribution >= 4 is 27.5 Å². The van der Waals surface area contributed by atoms with Gasteiger partial charge in [0.05, 0.1) is 19.8 Å². The zero-order valence-corrected chi connectivity index (χ0v) is 18.8. The van der Waals surface area contributed by atoms with E-state index in [2.05, 4.69) is 5.10 Å². The van der Waals surface area contributed by atoms with E-state index < -0.39 is 6.09 Å². The second-order valence-electron chi connectivity index (χ2n) is 7.01. The molecule has 0 spiro atoms. The quantitative estimate of drug-likeness (QED) is 0.489. The van der Waals surface area contributed by atoms with Gasteiger partial charge in [0, 0.05) is 33.1 Å². The van der Waals surface area contributed by atoms with E-state index >= 15 is 0 Å². The number of aryl methyl sites for hydroxylation is 2. The molecule has 8 nitrogen and oxygen atoms in total. The Labute approximate surface area is 187 Å². The Kier molecular flexibility index (Phi) is 5.58. The minimum absolute atomic E-state index is 0.275. The molecule has 9 heteroatoms. The first-order valence-electron chi connectivity index (χ1n) is 9.65. The molecule has 32 heavy (non-hydrogen) atoms. The molecule has 0 saturated heterocycles. The summed E-state index contributed by atoms with van der Waals surface area (Å²) in [4.78, 5) is 25.5. The average molecular weight is 452 g/mol. The number of benzene rings is 2. The number of carbonyl (C=O) groups excluding carboxylic acids is 1. The summed E-state index contributed by atoms with van der Waals surface area (Å²) in [6.07, 6.45) is -0.917. The molecule has 0 atom stereocenters. The normalized spacial score (nSPS) is 10.9. The number of thiophene rings is 1. The number of carbonyl (C=O) groups is 1. The third-order valence-electron chi connectivity index (χ3n) is 5.05. The van der Waals surface area contributed by atoms with Crippen LogP contribution in [-0.4, -0.2) is 30.1 Å². The molecule has 2 heterocycles. The van der Waals surface area contributed by atoms with Crippen molar-refractivity contribution in [2.24, 2.45) is 12.8 Å². The topological polar surface area (TPSA) is 106 Å². The summed E-state index contributed by atoms with van der Waals surface area (Å²) >= 11 is 1.49. The minimum atomic E-state index is -0.917. The average Bonchev–Trinajstić information content (AvgIpc) is 3.13. The summed E-state index contributed by atoms with van der Waals surface area (Å²) in [6, 6.07) is 12.7. The molecule has 4 rings (SSSR count). The van der Waals surface area contributed by atoms with Gasteiger partial charge in [-0.15, -0.1) is 11.3 Å². The Bertz CT molecular complexity index is 1410. The van der Waals surface area contributed by atoms with Crippen molar-refractivity contribution in [3.63, 3.8) is 0 Å². The molecule has 0 aliphatic rings. The summed E-state index contributed by atoms with van der Waals surface area (Å²) in [5.74, 6) is 1.32. The number of nitrogens with zero attached hydrogens (tertiary/aromatic N) is 2. The molecular formula is C23H21N3O5S. The maximum Gasteiger partial charge on any atom is 0.409 e. The van der Waals surface area contributed by atoms with Gasteiger partial charge in [-0.05, 0) is 37.3 Å². The number of hydrogen-bond acceptors (Lipinski definition) is 7. The molecule has 0 aliphatic carbocycles. The second kappa shape index (κ2) is 8.35. The highest BCUT2D eigenvalue weighted by molar-refractivity contribution is 7.23. The fourth-order valence-corrected chi connectivity index (χ4v) is 4.97. The zero-order chi connectivity index (χ0) is 23.0. The summed E-state index contributed by atoms with van der Waals surface area (Å²) < 4.78 is 18.5. The first-order valence-corrected chi connectivity index (χ1v) is 10.5. The predicted octanol–water partition coefficient (Wildman–Crippen LogP) is 4.11. The molecule has 0 radical (unpaired) electrons. The van der Waals surface area contributed by atoms with Crippen molar-refractivity contribution in [3.05, 3.63) is 58.5 Å². The van der Waals surface area contributed by atoms with E-state index in [1.807, 2.05) is 30.3 Å². The molecule has 0 aliphatic heterocycles. The van der Waals surface area contributed by atoms with Crippen LogP contribution in [-0.2, 0) is 7.05 Å². The minimum Gasteiger partial charge on any atom is -0.496 e. The van der Waals surface area contributed by atoms with Gasteiger partial charge in [-0.1, -0.05) is 12.1 Å². The van der Waals surface area contributed by atoms with Gasteiger partial charge in [0.2, 0.25) is 0 Å². The molecule has 4 aromatic rings. The van der Waals surface area contributed by atoms with Gasteiger partial charge in [-0.3, -0.25) is 4.79 Å². The number of primary amides is 1. The fourth-order valence-electron chi connectivity index (χ4n) is 3.75. The van der Waals surface area contributed by atoms with Crippen LogP contribution in [0.1, 0.15) is 5.69 Å². The fraction of sp³-hybridized carbons (Fsp3) is 0.174. The molecule has 0 bridgehead atoms. The highest BCUT2D eigenvalue weighted by atomic mass is 32.1. The number of amides is 1. The number of aromatic nitrogens is 2. The summed E-state index contributed by atoms with van der Waals surface area (Å²) in [7, 11) is 4.70. The van der Waals surface area contributed by atoms with Gasteiger partial charge >= 0.3 is 6.09 Å². The lowest BCUT2D eigenvalue weighted by Gasteiger charge is -2.14. The van der Waals surface area contributed by atoms with Gasteiger partial charge in [-0.2, -0.15) is 5.10 Å². The first-order chi connectivity index (χ1) is 15.3. The number of nitrogens with two attached hydrogens (primary N) is 1. The van der Waals surface area contributed by atoms with Crippen molar-refractivity contribution in [3.8, 4) is 38.8 Å². The van der Waals surface area contributed by atoms with Gasteiger partial charge in [0.25, 0.3) is 5.56 Å².